The number of H-pyrrole nitrogens is 1. The van der Waals surface area contributed by atoms with Crippen LogP contribution in [0.25, 0.3) is 33.5 Å². The summed E-state index contributed by atoms with van der Waals surface area (Å²) in [6, 6.07) is 41.4. The van der Waals surface area contributed by atoms with Crippen molar-refractivity contribution in [1.29, 1.82) is 0 Å². The first-order valence-electron chi connectivity index (χ1n) is 19.9. The van der Waals surface area contributed by atoms with Gasteiger partial charge in [0, 0.05) is 51.3 Å². The number of carbonyl (C=O) groups is 1. The maximum Gasteiger partial charge on any atom is 0.360 e. The van der Waals surface area contributed by atoms with Gasteiger partial charge in [0.2, 0.25) is 5.91 Å². The van der Waals surface area contributed by atoms with E-state index in [0.717, 1.165) is 28.2 Å². The van der Waals surface area contributed by atoms with Crippen molar-refractivity contribution in [3.8, 4) is 5.69 Å². The molecule has 1 fully saturated rings. The van der Waals surface area contributed by atoms with E-state index in [1.165, 1.54) is 39.0 Å². The van der Waals surface area contributed by atoms with Gasteiger partial charge in [-0.3, -0.25) is 9.78 Å². The standard InChI is InChI=1S/C30H43N2O.C19H12N3.Au/c1-19(2)23-13-11-14-24(20(3)4)27(23)31-17-30(9,10)29(33)32(18-31)28-25(21(5)6)15-12-16-26(28)22(7)8;1-2-8-14(9-3-1)21-17-12-6-7-13-18(17)22-16-11-5-4-10-15(16)20-19(21)22;/h11-16,18-22H,17H2,1-10H3;1-9,11-13H;/q2*-1;/p+1. The van der Waals surface area contributed by atoms with Gasteiger partial charge in [-0.25, -0.2) is 4.40 Å². The fourth-order valence-electron chi connectivity index (χ4n) is 8.17. The second-order valence-electron chi connectivity index (χ2n) is 16.9. The Morgan fingerprint density at radius 1 is 0.661 bits per heavy atom. The minimum absolute atomic E-state index is 0. The molecule has 5 aromatic carbocycles. The molecule has 1 amide bonds. The molecule has 1 aliphatic heterocycles. The molecule has 0 atom stereocenters. The van der Waals surface area contributed by atoms with E-state index in [4.69, 9.17) is 0 Å². The Kier molecular flexibility index (Phi) is 12.1. The fourth-order valence-corrected chi connectivity index (χ4v) is 8.17. The van der Waals surface area contributed by atoms with Crippen molar-refractivity contribution >= 4 is 45.1 Å². The van der Waals surface area contributed by atoms with Gasteiger partial charge in [0.1, 0.15) is 16.7 Å². The molecule has 0 aliphatic carbocycles. The monoisotopic (exact) mass is 927 g/mol. The molecule has 8 rings (SSSR count). The predicted molar refractivity (Wildman–Crippen MR) is 229 cm³/mol. The van der Waals surface area contributed by atoms with E-state index in [-0.39, 0.29) is 28.3 Å². The predicted octanol–water partition coefficient (Wildman–Crippen LogP) is 11.8. The summed E-state index contributed by atoms with van der Waals surface area (Å²) >= 11 is 0. The Balaban J connectivity index is 0.000000199. The Bertz CT molecular complexity index is 2420. The van der Waals surface area contributed by atoms with Crippen molar-refractivity contribution in [3.63, 3.8) is 0 Å². The van der Waals surface area contributed by atoms with E-state index in [0.29, 0.717) is 30.2 Å². The maximum atomic E-state index is 13.9. The van der Waals surface area contributed by atoms with E-state index < -0.39 is 5.41 Å². The Morgan fingerprint density at radius 3 is 1.75 bits per heavy atom. The minimum Gasteiger partial charge on any atom is -0.502 e. The number of carbonyl (C=O) groups excluding carboxylic acids is 1. The molecule has 0 bridgehead atoms. The van der Waals surface area contributed by atoms with Crippen LogP contribution in [0.2, 0.25) is 0 Å². The summed E-state index contributed by atoms with van der Waals surface area (Å²) in [6.45, 7) is 24.8. The van der Waals surface area contributed by atoms with Crippen LogP contribution < -0.4 is 14.2 Å². The molecule has 295 valence electrons. The molecule has 7 heteroatoms. The summed E-state index contributed by atoms with van der Waals surface area (Å²) < 4.78 is 4.51. The van der Waals surface area contributed by atoms with E-state index in [9.17, 15) is 4.79 Å². The SMILES string of the molecule is CC(C)c1cccc(C(C)C)c1N1[CH-]N(c2c(C(C)C)cccc2C(C)C)C(=O)C(C)(C)C1.[Au].[c-]1cccc2c1[nH]c1n(-c3ccccc3)c3ccccc3[n+]21. The first kappa shape index (κ1) is 41.0. The maximum absolute atomic E-state index is 13.9. The minimum atomic E-state index is -0.509. The quantitative estimate of drug-likeness (QED) is 0.0984. The molecule has 1 radical (unpaired) electrons. The third-order valence-corrected chi connectivity index (χ3v) is 10.9. The first-order valence-corrected chi connectivity index (χ1v) is 19.9. The third kappa shape index (κ3) is 7.47. The number of aromatic amines is 1. The van der Waals surface area contributed by atoms with Gasteiger partial charge in [0.15, 0.2) is 0 Å². The number of nitrogens with zero attached hydrogens (tertiary/aromatic N) is 4. The molecule has 1 N–H and O–H groups in total. The molecule has 1 saturated heterocycles. The summed E-state index contributed by atoms with van der Waals surface area (Å²) in [6.07, 6.45) is 0. The van der Waals surface area contributed by atoms with Gasteiger partial charge in [-0.15, -0.1) is 18.8 Å². The Labute approximate surface area is 349 Å². The van der Waals surface area contributed by atoms with Crippen LogP contribution in [-0.2, 0) is 27.2 Å². The van der Waals surface area contributed by atoms with Crippen LogP contribution in [-0.4, -0.2) is 22.0 Å². The number of benzene rings is 5. The number of rotatable bonds is 7. The number of fused-ring (bicyclic) bond motifs is 5. The molecule has 3 heterocycles. The summed E-state index contributed by atoms with van der Waals surface area (Å²) in [5.41, 5.74) is 12.6. The summed E-state index contributed by atoms with van der Waals surface area (Å²) in [5, 5.41) is 0. The van der Waals surface area contributed by atoms with Gasteiger partial charge in [0.05, 0.1) is 5.41 Å². The molecule has 2 aromatic heterocycles. The molecule has 0 saturated carbocycles. The van der Waals surface area contributed by atoms with Crippen LogP contribution in [0.4, 0.5) is 11.4 Å². The third-order valence-electron chi connectivity index (χ3n) is 10.9. The molecule has 1 aliphatic rings. The van der Waals surface area contributed by atoms with Crippen LogP contribution >= 0.6 is 0 Å². The Morgan fingerprint density at radius 2 is 1.18 bits per heavy atom. The van der Waals surface area contributed by atoms with Crippen molar-refractivity contribution in [2.24, 2.45) is 5.41 Å². The molecule has 6 nitrogen and oxygen atoms in total. The summed E-state index contributed by atoms with van der Waals surface area (Å²) in [7, 11) is 0. The molecule has 56 heavy (non-hydrogen) atoms. The molecular weight excluding hydrogens is 872 g/mol. The van der Waals surface area contributed by atoms with Crippen LogP contribution in [0.1, 0.15) is 115 Å². The number of amides is 1. The van der Waals surface area contributed by atoms with Gasteiger partial charge in [-0.1, -0.05) is 122 Å². The van der Waals surface area contributed by atoms with Gasteiger partial charge >= 0.3 is 5.78 Å². The van der Waals surface area contributed by atoms with Crippen molar-refractivity contribution in [1.82, 2.24) is 9.55 Å². The number of imidazole rings is 2. The van der Waals surface area contributed by atoms with E-state index in [1.54, 1.807) is 0 Å². The largest absolute Gasteiger partial charge is 0.502 e. The zero-order valence-electron chi connectivity index (χ0n) is 34.5. The second-order valence-corrected chi connectivity index (χ2v) is 16.9. The van der Waals surface area contributed by atoms with E-state index in [2.05, 4.69) is 192 Å². The number of anilines is 2. The summed E-state index contributed by atoms with van der Waals surface area (Å²) in [4.78, 5) is 21.7. The molecule has 0 unspecified atom stereocenters. The van der Waals surface area contributed by atoms with Crippen molar-refractivity contribution in [2.45, 2.75) is 92.9 Å². The molecule has 7 aromatic rings. The second kappa shape index (κ2) is 16.5. The van der Waals surface area contributed by atoms with E-state index in [1.807, 2.05) is 23.1 Å². The number of hydrogen-bond acceptors (Lipinski definition) is 2. The van der Waals surface area contributed by atoms with Crippen molar-refractivity contribution in [3.05, 3.63) is 144 Å². The number of hydrogen-bond donors (Lipinski definition) is 1. The number of nitrogens with one attached hydrogen (secondary N) is 1. The number of aromatic nitrogens is 3. The Hall–Kier alpha value is -4.62. The van der Waals surface area contributed by atoms with Gasteiger partial charge in [0.25, 0.3) is 0 Å². The fraction of sp³-hybridized carbons (Fsp3) is 0.327. The van der Waals surface area contributed by atoms with Gasteiger partial charge in [-0.05, 0) is 84.0 Å². The van der Waals surface area contributed by atoms with Crippen molar-refractivity contribution in [2.75, 3.05) is 16.3 Å². The average molecular weight is 928 g/mol. The van der Waals surface area contributed by atoms with Crippen molar-refractivity contribution < 1.29 is 31.6 Å². The average Bonchev–Trinajstić information content (AvgIpc) is 3.70. The van der Waals surface area contributed by atoms with Crippen LogP contribution in [0.3, 0.4) is 0 Å². The molecular formula is C49H56AuN5O-. The summed E-state index contributed by atoms with van der Waals surface area (Å²) in [5.74, 6) is 2.66. The smallest absolute Gasteiger partial charge is 0.360 e. The van der Waals surface area contributed by atoms with Crippen LogP contribution in [0.5, 0.6) is 0 Å². The van der Waals surface area contributed by atoms with E-state index >= 15 is 0 Å². The van der Waals surface area contributed by atoms with Gasteiger partial charge < -0.3 is 9.80 Å². The van der Waals surface area contributed by atoms with Gasteiger partial charge in [-0.2, -0.15) is 16.7 Å². The van der Waals surface area contributed by atoms with Crippen LogP contribution in [0, 0.1) is 18.2 Å². The topological polar surface area (TPSA) is 48.4 Å². The zero-order chi connectivity index (χ0) is 39.2. The normalized spacial score (nSPS) is 14.4. The zero-order valence-corrected chi connectivity index (χ0v) is 36.7. The number of para-hydroxylation sites is 6. The first-order chi connectivity index (χ1) is 26.3. The van der Waals surface area contributed by atoms with Crippen LogP contribution in [0.15, 0.2) is 109 Å². The molecule has 0 spiro atoms.